The molecule has 80 valence electrons. The molecular formula is C7H12N2O4S. The molecule has 0 aromatic carbocycles. The van der Waals surface area contributed by atoms with Gasteiger partial charge in [-0.05, 0) is 18.8 Å². The third-order valence-corrected chi connectivity index (χ3v) is 4.95. The summed E-state index contributed by atoms with van der Waals surface area (Å²) in [6, 6.07) is -0.543. The minimum absolute atomic E-state index is 0.0371. The van der Waals surface area contributed by atoms with Crippen LogP contribution >= 0.6 is 0 Å². The standard InChI is InChI=1S/C7H12N2O4S/c1-13-14(11,12)7-3-4(7)2-5(9-7)6(8)10/h4-5,9H,2-3H2,1H3,(H2,8,10)/t4-,5+,7+/m1/s1. The number of hydrogen-bond donors (Lipinski definition) is 2. The molecule has 1 saturated carbocycles. The van der Waals surface area contributed by atoms with Crippen molar-refractivity contribution in [2.45, 2.75) is 23.8 Å². The second-order valence-corrected chi connectivity index (χ2v) is 5.72. The molecule has 3 atom stereocenters. The van der Waals surface area contributed by atoms with Crippen LogP contribution in [0.25, 0.3) is 0 Å². The first kappa shape index (κ1) is 9.88. The number of nitrogens with two attached hydrogens (primary N) is 1. The molecule has 0 radical (unpaired) electrons. The van der Waals surface area contributed by atoms with Crippen molar-refractivity contribution in [3.63, 3.8) is 0 Å². The molecule has 1 aliphatic heterocycles. The summed E-state index contributed by atoms with van der Waals surface area (Å²) in [5.74, 6) is -0.548. The van der Waals surface area contributed by atoms with Crippen molar-refractivity contribution in [3.8, 4) is 0 Å². The summed E-state index contributed by atoms with van der Waals surface area (Å²) >= 11 is 0. The normalized spacial score (nSPS) is 40.6. The summed E-state index contributed by atoms with van der Waals surface area (Å²) in [5, 5.41) is 2.74. The van der Waals surface area contributed by atoms with E-state index in [4.69, 9.17) is 5.73 Å². The lowest BCUT2D eigenvalue weighted by atomic mass is 10.2. The van der Waals surface area contributed by atoms with E-state index in [0.717, 1.165) is 7.11 Å². The van der Waals surface area contributed by atoms with Crippen molar-refractivity contribution < 1.29 is 17.4 Å². The molecule has 1 saturated heterocycles. The van der Waals surface area contributed by atoms with Crippen LogP contribution < -0.4 is 11.1 Å². The van der Waals surface area contributed by atoms with Gasteiger partial charge in [-0.15, -0.1) is 0 Å². The molecular weight excluding hydrogens is 208 g/mol. The summed E-state index contributed by atoms with van der Waals surface area (Å²) in [6.45, 7) is 0. The molecule has 1 heterocycles. The SMILES string of the molecule is COS(=O)(=O)[C@@]12C[C@H]1C[C@@H](C(N)=O)N2. The Balaban J connectivity index is 2.21. The monoisotopic (exact) mass is 220 g/mol. The van der Waals surface area contributed by atoms with Crippen LogP contribution in [0.15, 0.2) is 0 Å². The smallest absolute Gasteiger partial charge is 0.286 e. The average molecular weight is 220 g/mol. The maximum atomic E-state index is 11.5. The maximum absolute atomic E-state index is 11.5. The van der Waals surface area contributed by atoms with E-state index < -0.39 is 26.9 Å². The number of carbonyl (C=O) groups excluding carboxylic acids is 1. The second kappa shape index (κ2) is 2.68. The van der Waals surface area contributed by atoms with Crippen LogP contribution in [0.1, 0.15) is 12.8 Å². The van der Waals surface area contributed by atoms with Gasteiger partial charge < -0.3 is 5.73 Å². The summed E-state index contributed by atoms with van der Waals surface area (Å²) in [6.07, 6.45) is 0.991. The molecule has 0 unspecified atom stereocenters. The van der Waals surface area contributed by atoms with Gasteiger partial charge in [0.15, 0.2) is 4.87 Å². The minimum atomic E-state index is -3.61. The first-order valence-corrected chi connectivity index (χ1v) is 5.71. The molecule has 6 nitrogen and oxygen atoms in total. The molecule has 0 spiro atoms. The fourth-order valence-corrected chi connectivity index (χ4v) is 3.60. The molecule has 1 amide bonds. The highest BCUT2D eigenvalue weighted by molar-refractivity contribution is 7.88. The Kier molecular flexibility index (Phi) is 1.89. The molecule has 2 fully saturated rings. The quantitative estimate of drug-likeness (QED) is 0.565. The molecule has 0 aromatic heterocycles. The van der Waals surface area contributed by atoms with E-state index in [1.165, 1.54) is 0 Å². The van der Waals surface area contributed by atoms with E-state index in [1.807, 2.05) is 0 Å². The Morgan fingerprint density at radius 2 is 2.29 bits per heavy atom. The number of hydrogen-bond acceptors (Lipinski definition) is 5. The lowest BCUT2D eigenvalue weighted by Gasteiger charge is -2.15. The highest BCUT2D eigenvalue weighted by Gasteiger charge is 2.69. The third-order valence-electron chi connectivity index (χ3n) is 3.00. The van der Waals surface area contributed by atoms with Crippen molar-refractivity contribution in [1.29, 1.82) is 0 Å². The number of nitrogens with one attached hydrogen (secondary N) is 1. The third kappa shape index (κ3) is 1.09. The number of primary amides is 1. The first-order chi connectivity index (χ1) is 6.43. The van der Waals surface area contributed by atoms with Crippen molar-refractivity contribution in [2.24, 2.45) is 11.7 Å². The van der Waals surface area contributed by atoms with E-state index >= 15 is 0 Å². The van der Waals surface area contributed by atoms with Gasteiger partial charge in [0.05, 0.1) is 13.2 Å². The number of carbonyl (C=O) groups is 1. The summed E-state index contributed by atoms with van der Waals surface area (Å²) in [7, 11) is -2.48. The highest BCUT2D eigenvalue weighted by atomic mass is 32.2. The number of amides is 1. The lowest BCUT2D eigenvalue weighted by molar-refractivity contribution is -0.119. The van der Waals surface area contributed by atoms with Crippen LogP contribution in [0.5, 0.6) is 0 Å². The highest BCUT2D eigenvalue weighted by Crippen LogP contribution is 2.55. The first-order valence-electron chi connectivity index (χ1n) is 4.30. The maximum Gasteiger partial charge on any atom is 0.286 e. The molecule has 3 N–H and O–H groups in total. The number of rotatable bonds is 3. The van der Waals surface area contributed by atoms with Gasteiger partial charge in [0.1, 0.15) is 0 Å². The molecule has 0 aromatic rings. The fraction of sp³-hybridized carbons (Fsp3) is 0.857. The van der Waals surface area contributed by atoms with Gasteiger partial charge in [-0.1, -0.05) is 0 Å². The van der Waals surface area contributed by atoms with E-state index in [9.17, 15) is 13.2 Å². The Labute approximate surface area is 81.9 Å². The molecule has 7 heteroatoms. The van der Waals surface area contributed by atoms with Crippen molar-refractivity contribution in [3.05, 3.63) is 0 Å². The van der Waals surface area contributed by atoms with E-state index in [1.54, 1.807) is 0 Å². The molecule has 2 rings (SSSR count). The number of fused-ring (bicyclic) bond motifs is 1. The summed E-state index contributed by atoms with van der Waals surface area (Å²) in [4.78, 5) is 9.81. The predicted molar refractivity (Wildman–Crippen MR) is 47.5 cm³/mol. The minimum Gasteiger partial charge on any atom is -0.368 e. The van der Waals surface area contributed by atoms with Crippen LogP contribution in [-0.4, -0.2) is 32.3 Å². The van der Waals surface area contributed by atoms with Crippen LogP contribution in [0.4, 0.5) is 0 Å². The van der Waals surface area contributed by atoms with Gasteiger partial charge in [0.2, 0.25) is 5.91 Å². The van der Waals surface area contributed by atoms with Crippen LogP contribution in [-0.2, 0) is 19.1 Å². The zero-order valence-electron chi connectivity index (χ0n) is 7.69. The molecule has 14 heavy (non-hydrogen) atoms. The molecule has 1 aliphatic carbocycles. The van der Waals surface area contributed by atoms with Gasteiger partial charge in [0, 0.05) is 0 Å². The second-order valence-electron chi connectivity index (χ2n) is 3.75. The van der Waals surface area contributed by atoms with Crippen LogP contribution in [0, 0.1) is 5.92 Å². The Bertz CT molecular complexity index is 379. The number of piperidine rings is 1. The topological polar surface area (TPSA) is 98.5 Å². The fourth-order valence-electron chi connectivity index (χ4n) is 2.11. The lowest BCUT2D eigenvalue weighted by Crippen LogP contribution is -2.47. The Morgan fingerprint density at radius 3 is 2.71 bits per heavy atom. The largest absolute Gasteiger partial charge is 0.368 e. The zero-order chi connectivity index (χ0) is 10.6. The van der Waals surface area contributed by atoms with E-state index in [2.05, 4.69) is 9.50 Å². The van der Waals surface area contributed by atoms with Crippen molar-refractivity contribution in [1.82, 2.24) is 5.32 Å². The Hall–Kier alpha value is -0.660. The van der Waals surface area contributed by atoms with Gasteiger partial charge >= 0.3 is 0 Å². The van der Waals surface area contributed by atoms with Gasteiger partial charge in [-0.3, -0.25) is 14.3 Å². The summed E-state index contributed by atoms with van der Waals surface area (Å²) in [5.41, 5.74) is 5.09. The average Bonchev–Trinajstić information content (AvgIpc) is 2.70. The van der Waals surface area contributed by atoms with Gasteiger partial charge in [-0.2, -0.15) is 8.42 Å². The van der Waals surface area contributed by atoms with Crippen molar-refractivity contribution >= 4 is 16.0 Å². The van der Waals surface area contributed by atoms with Crippen LogP contribution in [0.3, 0.4) is 0 Å². The molecule has 0 bridgehead atoms. The van der Waals surface area contributed by atoms with E-state index in [0.29, 0.717) is 12.8 Å². The zero-order valence-corrected chi connectivity index (χ0v) is 8.50. The van der Waals surface area contributed by atoms with Crippen LogP contribution in [0.2, 0.25) is 0 Å². The van der Waals surface area contributed by atoms with Gasteiger partial charge in [-0.25, -0.2) is 0 Å². The summed E-state index contributed by atoms with van der Waals surface area (Å²) < 4.78 is 27.4. The van der Waals surface area contributed by atoms with E-state index in [-0.39, 0.29) is 5.92 Å². The van der Waals surface area contributed by atoms with Gasteiger partial charge in [0.25, 0.3) is 10.1 Å². The molecule has 2 aliphatic rings. The van der Waals surface area contributed by atoms with Crippen molar-refractivity contribution in [2.75, 3.05) is 7.11 Å². The Morgan fingerprint density at radius 1 is 1.64 bits per heavy atom. The predicted octanol–water partition coefficient (Wildman–Crippen LogP) is -1.47.